The van der Waals surface area contributed by atoms with Crippen LogP contribution in [0, 0.1) is 5.41 Å². The predicted octanol–water partition coefficient (Wildman–Crippen LogP) is 4.33. The van der Waals surface area contributed by atoms with E-state index in [1.807, 2.05) is 4.90 Å². The topological polar surface area (TPSA) is 60.9 Å². The van der Waals surface area contributed by atoms with E-state index in [0.717, 1.165) is 38.8 Å². The van der Waals surface area contributed by atoms with Crippen LogP contribution in [-0.2, 0) is 9.59 Å². The summed E-state index contributed by atoms with van der Waals surface area (Å²) in [7, 11) is 0. The number of carbonyl (C=O) groups is 2. The van der Waals surface area contributed by atoms with Crippen molar-refractivity contribution in [2.24, 2.45) is 5.41 Å². The first-order valence-electron chi connectivity index (χ1n) is 11.5. The standard InChI is InChI=1S/C26H30N2O3/c29-23(17-26(18-24(30)31)11-5-6-12-26)27-13-15-28(16-14-27)25-21-9-3-1-7-19(21)20-8-2-4-10-22(20)25/h1-4,7-10,25H,5-6,11-18H2,(H,30,31). The van der Waals surface area contributed by atoms with E-state index < -0.39 is 5.97 Å². The third-order valence-corrected chi connectivity index (χ3v) is 7.55. The fourth-order valence-electron chi connectivity index (χ4n) is 6.05. The Morgan fingerprint density at radius 3 is 1.94 bits per heavy atom. The third-order valence-electron chi connectivity index (χ3n) is 7.55. The zero-order chi connectivity index (χ0) is 21.4. The molecule has 0 radical (unpaired) electrons. The molecule has 0 unspecified atom stereocenters. The maximum atomic E-state index is 13.1. The second-order valence-electron chi connectivity index (χ2n) is 9.45. The fraction of sp³-hybridized carbons (Fsp3) is 0.462. The Kier molecular flexibility index (Phi) is 5.30. The van der Waals surface area contributed by atoms with E-state index >= 15 is 0 Å². The van der Waals surface area contributed by atoms with Crippen LogP contribution in [0.1, 0.15) is 55.7 Å². The molecule has 2 aliphatic carbocycles. The first-order valence-corrected chi connectivity index (χ1v) is 11.5. The van der Waals surface area contributed by atoms with Gasteiger partial charge in [-0.2, -0.15) is 0 Å². The van der Waals surface area contributed by atoms with Gasteiger partial charge in [0.15, 0.2) is 0 Å². The van der Waals surface area contributed by atoms with Crippen LogP contribution in [0.4, 0.5) is 0 Å². The number of fused-ring (bicyclic) bond motifs is 3. The molecule has 1 saturated carbocycles. The molecule has 162 valence electrons. The minimum absolute atomic E-state index is 0.119. The molecule has 2 fully saturated rings. The molecule has 31 heavy (non-hydrogen) atoms. The summed E-state index contributed by atoms with van der Waals surface area (Å²) < 4.78 is 0. The summed E-state index contributed by atoms with van der Waals surface area (Å²) in [5.41, 5.74) is 5.02. The van der Waals surface area contributed by atoms with Crippen LogP contribution in [0.3, 0.4) is 0 Å². The van der Waals surface area contributed by atoms with Gasteiger partial charge in [0.25, 0.3) is 0 Å². The number of aliphatic carboxylic acids is 1. The van der Waals surface area contributed by atoms with Crippen LogP contribution < -0.4 is 0 Å². The van der Waals surface area contributed by atoms with E-state index in [1.54, 1.807) is 0 Å². The molecule has 2 aromatic carbocycles. The summed E-state index contributed by atoms with van der Waals surface area (Å²) in [5.74, 6) is -0.645. The molecule has 1 saturated heterocycles. The molecule has 1 heterocycles. The van der Waals surface area contributed by atoms with Crippen LogP contribution in [0.25, 0.3) is 11.1 Å². The first kappa shape index (κ1) is 20.3. The van der Waals surface area contributed by atoms with E-state index in [2.05, 4.69) is 53.4 Å². The van der Waals surface area contributed by atoms with Crippen LogP contribution in [-0.4, -0.2) is 53.0 Å². The lowest BCUT2D eigenvalue weighted by molar-refractivity contribution is -0.142. The third kappa shape index (κ3) is 3.76. The monoisotopic (exact) mass is 418 g/mol. The Morgan fingerprint density at radius 1 is 0.839 bits per heavy atom. The van der Waals surface area contributed by atoms with E-state index in [1.165, 1.54) is 22.3 Å². The zero-order valence-electron chi connectivity index (χ0n) is 17.9. The van der Waals surface area contributed by atoms with Crippen molar-refractivity contribution < 1.29 is 14.7 Å². The van der Waals surface area contributed by atoms with E-state index in [9.17, 15) is 14.7 Å². The fourth-order valence-corrected chi connectivity index (χ4v) is 6.05. The lowest BCUT2D eigenvalue weighted by Crippen LogP contribution is -2.50. The van der Waals surface area contributed by atoms with Gasteiger partial charge in [0.1, 0.15) is 0 Å². The lowest BCUT2D eigenvalue weighted by Gasteiger charge is -2.40. The number of benzene rings is 2. The summed E-state index contributed by atoms with van der Waals surface area (Å²) in [6.07, 6.45) is 4.30. The van der Waals surface area contributed by atoms with Gasteiger partial charge in [0.05, 0.1) is 12.5 Å². The quantitative estimate of drug-likeness (QED) is 0.785. The van der Waals surface area contributed by atoms with Gasteiger partial charge < -0.3 is 10.0 Å². The highest BCUT2D eigenvalue weighted by Crippen LogP contribution is 2.47. The molecule has 1 N–H and O–H groups in total. The second kappa shape index (κ2) is 8.12. The smallest absolute Gasteiger partial charge is 0.303 e. The van der Waals surface area contributed by atoms with Crippen molar-refractivity contribution in [3.8, 4) is 11.1 Å². The van der Waals surface area contributed by atoms with Crippen molar-refractivity contribution in [2.75, 3.05) is 26.2 Å². The van der Waals surface area contributed by atoms with Gasteiger partial charge in [0, 0.05) is 32.6 Å². The summed E-state index contributed by atoms with van der Waals surface area (Å²) >= 11 is 0. The van der Waals surface area contributed by atoms with E-state index in [0.29, 0.717) is 19.5 Å². The highest BCUT2D eigenvalue weighted by molar-refractivity contribution is 5.79. The van der Waals surface area contributed by atoms with Crippen LogP contribution in [0.15, 0.2) is 48.5 Å². The maximum Gasteiger partial charge on any atom is 0.303 e. The molecule has 0 atom stereocenters. The van der Waals surface area contributed by atoms with Crippen molar-refractivity contribution in [2.45, 2.75) is 44.6 Å². The molecular formula is C26H30N2O3. The average Bonchev–Trinajstić information content (AvgIpc) is 3.36. The summed E-state index contributed by atoms with van der Waals surface area (Å²) in [4.78, 5) is 28.9. The lowest BCUT2D eigenvalue weighted by atomic mass is 9.79. The summed E-state index contributed by atoms with van der Waals surface area (Å²) in [5, 5.41) is 9.35. The number of nitrogens with zero attached hydrogens (tertiary/aromatic N) is 2. The number of hydrogen-bond acceptors (Lipinski definition) is 3. The number of amides is 1. The van der Waals surface area contributed by atoms with Gasteiger partial charge >= 0.3 is 5.97 Å². The van der Waals surface area contributed by atoms with Gasteiger partial charge in [-0.3, -0.25) is 14.5 Å². The molecule has 3 aliphatic rings. The molecule has 2 aromatic rings. The molecule has 5 heteroatoms. The predicted molar refractivity (Wildman–Crippen MR) is 120 cm³/mol. The minimum atomic E-state index is -0.780. The second-order valence-corrected chi connectivity index (χ2v) is 9.45. The molecule has 0 bridgehead atoms. The van der Waals surface area contributed by atoms with Crippen LogP contribution >= 0.6 is 0 Å². The zero-order valence-corrected chi connectivity index (χ0v) is 17.9. The largest absolute Gasteiger partial charge is 0.481 e. The minimum Gasteiger partial charge on any atom is -0.481 e. The van der Waals surface area contributed by atoms with E-state index in [-0.39, 0.29) is 23.8 Å². The van der Waals surface area contributed by atoms with Crippen LogP contribution in [0.2, 0.25) is 0 Å². The Hall–Kier alpha value is -2.66. The Morgan fingerprint density at radius 2 is 1.39 bits per heavy atom. The Labute approximate surface area is 183 Å². The number of rotatable bonds is 5. The molecule has 0 spiro atoms. The SMILES string of the molecule is O=C(O)CC1(CC(=O)N2CCN(C3c4ccccc4-c4ccccc43)CC2)CCCC1. The average molecular weight is 419 g/mol. The highest BCUT2D eigenvalue weighted by Gasteiger charge is 2.40. The maximum absolute atomic E-state index is 13.1. The van der Waals surface area contributed by atoms with Gasteiger partial charge in [-0.25, -0.2) is 0 Å². The van der Waals surface area contributed by atoms with Crippen molar-refractivity contribution in [3.05, 3.63) is 59.7 Å². The summed E-state index contributed by atoms with van der Waals surface area (Å²) in [6.45, 7) is 3.10. The van der Waals surface area contributed by atoms with Gasteiger partial charge in [-0.05, 0) is 40.5 Å². The van der Waals surface area contributed by atoms with E-state index in [4.69, 9.17) is 0 Å². The number of carboxylic acid groups (broad SMARTS) is 1. The van der Waals surface area contributed by atoms with Crippen molar-refractivity contribution in [1.29, 1.82) is 0 Å². The molecule has 0 aromatic heterocycles. The highest BCUT2D eigenvalue weighted by atomic mass is 16.4. The van der Waals surface area contributed by atoms with Crippen molar-refractivity contribution >= 4 is 11.9 Å². The van der Waals surface area contributed by atoms with Gasteiger partial charge in [-0.15, -0.1) is 0 Å². The number of carboxylic acids is 1. The van der Waals surface area contributed by atoms with Crippen molar-refractivity contribution in [3.63, 3.8) is 0 Å². The normalized spacial score (nSPS) is 20.5. The number of carbonyl (C=O) groups excluding carboxylic acids is 1. The summed E-state index contributed by atoms with van der Waals surface area (Å²) in [6, 6.07) is 17.5. The molecule has 5 nitrogen and oxygen atoms in total. The molecule has 1 aliphatic heterocycles. The Balaban J connectivity index is 1.28. The van der Waals surface area contributed by atoms with Crippen molar-refractivity contribution in [1.82, 2.24) is 9.80 Å². The number of hydrogen-bond donors (Lipinski definition) is 1. The van der Waals surface area contributed by atoms with Crippen LogP contribution in [0.5, 0.6) is 0 Å². The Bertz CT molecular complexity index is 942. The van der Waals surface area contributed by atoms with Gasteiger partial charge in [0.2, 0.25) is 5.91 Å². The van der Waals surface area contributed by atoms with Gasteiger partial charge in [-0.1, -0.05) is 61.4 Å². The molecular weight excluding hydrogens is 388 g/mol. The first-order chi connectivity index (χ1) is 15.1. The molecule has 5 rings (SSSR count). The number of piperazine rings is 1. The molecule has 1 amide bonds.